The molecule has 2 unspecified atom stereocenters. The molecule has 4 aliphatic heterocycles. The number of ether oxygens (including phenoxy) is 1. The molecule has 2 fully saturated rings. The van der Waals surface area contributed by atoms with E-state index in [0.29, 0.717) is 5.82 Å². The molecule has 15 heteroatoms. The van der Waals surface area contributed by atoms with Crippen molar-refractivity contribution in [2.45, 2.75) is 30.8 Å². The van der Waals surface area contributed by atoms with Crippen LogP contribution in [0, 0.1) is 0 Å². The summed E-state index contributed by atoms with van der Waals surface area (Å²) in [6, 6.07) is 9.61. The van der Waals surface area contributed by atoms with Crippen LogP contribution in [-0.2, 0) is 25.6 Å². The molecule has 1 aromatic heterocycles. The van der Waals surface area contributed by atoms with Crippen LogP contribution in [0.2, 0.25) is 0 Å². The van der Waals surface area contributed by atoms with E-state index in [9.17, 15) is 14.8 Å². The normalized spacial score (nSPS) is 34.4. The molecule has 2 saturated heterocycles. The fourth-order valence-corrected chi connectivity index (χ4v) is 6.23. The summed E-state index contributed by atoms with van der Waals surface area (Å²) in [6.07, 6.45) is -2.98. The first kappa shape index (κ1) is 23.9. The van der Waals surface area contributed by atoms with Crippen LogP contribution >= 0.6 is 22.6 Å². The molecule has 33 heavy (non-hydrogen) atoms. The first-order valence-corrected chi connectivity index (χ1v) is 13.1. The zero-order valence-electron chi connectivity index (χ0n) is 17.1. The first-order valence-electron chi connectivity index (χ1n) is 9.70. The summed E-state index contributed by atoms with van der Waals surface area (Å²) in [5, 5.41) is 19.6. The number of hydrogen-bond donors (Lipinski definition) is 3. The number of nitrogens with zero attached hydrogens (tertiary/aromatic N) is 3. The smallest absolute Gasteiger partial charge is 0.847 e. The number of carbonyl (C=O) groups is 1. The SMILES string of the molecule is O=C1c2nc(Br)n([C@@H]3O[C@@H]4COP(O)(=S)O[C@H]4[C@H]3[O-])c2NC2NC(c3ccccc3)=CN12.[Na+]. The second kappa shape index (κ2) is 8.68. The number of fused-ring (bicyclic) bond motifs is 3. The topological polar surface area (TPSA) is 133 Å². The molecule has 3 N–H and O–H groups in total. The van der Waals surface area contributed by atoms with Crippen LogP contribution in [0.25, 0.3) is 5.70 Å². The largest absolute Gasteiger partial charge is 1.00 e. The maximum Gasteiger partial charge on any atom is 1.00 e. The summed E-state index contributed by atoms with van der Waals surface area (Å²) in [5.41, 5.74) is 1.85. The van der Waals surface area contributed by atoms with Crippen molar-refractivity contribution in [1.29, 1.82) is 0 Å². The van der Waals surface area contributed by atoms with E-state index in [2.05, 4.69) is 31.5 Å². The van der Waals surface area contributed by atoms with Gasteiger partial charge in [-0.2, -0.15) is 0 Å². The number of benzene rings is 1. The second-order valence-corrected chi connectivity index (χ2v) is 11.1. The minimum atomic E-state index is -3.47. The molecule has 5 heterocycles. The van der Waals surface area contributed by atoms with Crippen molar-refractivity contribution in [2.24, 2.45) is 0 Å². The van der Waals surface area contributed by atoms with E-state index in [1.165, 1.54) is 9.47 Å². The van der Waals surface area contributed by atoms with E-state index in [1.54, 1.807) is 6.20 Å². The molecule has 11 nitrogen and oxygen atoms in total. The number of hydrogen-bond acceptors (Lipinski definition) is 9. The number of nitrogens with one attached hydrogen (secondary N) is 2. The van der Waals surface area contributed by atoms with Crippen LogP contribution in [-0.4, -0.2) is 56.5 Å². The van der Waals surface area contributed by atoms with Crippen molar-refractivity contribution in [3.63, 3.8) is 0 Å². The van der Waals surface area contributed by atoms with Gasteiger partial charge in [0.05, 0.1) is 18.4 Å². The van der Waals surface area contributed by atoms with Gasteiger partial charge in [-0.3, -0.25) is 14.3 Å². The van der Waals surface area contributed by atoms with E-state index in [-0.39, 0.29) is 52.5 Å². The van der Waals surface area contributed by atoms with E-state index in [0.717, 1.165) is 11.3 Å². The van der Waals surface area contributed by atoms with Gasteiger partial charge in [0, 0.05) is 6.20 Å². The standard InChI is InChI=1S/C18H16BrN5O6PS.Na/c19-17-21-11-14(24(17)16-12(25)13-10(29-16)7-28-31(27,32)30-13)22-18-20-9(6-23(18)15(11)26)8-4-2-1-3-5-8;/h1-6,10,12-13,16,18,20,22H,7H2,(H,27,32);/q-1;+1/t10-,12-,13-,16-,18?,31?;/m1./s1. The van der Waals surface area contributed by atoms with Gasteiger partial charge in [0.15, 0.2) is 16.7 Å². The van der Waals surface area contributed by atoms with Crippen molar-refractivity contribution >= 4 is 51.9 Å². The van der Waals surface area contributed by atoms with Gasteiger partial charge in [0.1, 0.15) is 18.1 Å². The third kappa shape index (κ3) is 3.93. The number of aromatic nitrogens is 2. The Hall–Kier alpha value is -0.830. The Morgan fingerprint density at radius 1 is 1.30 bits per heavy atom. The number of carbonyl (C=O) groups excluding carboxylic acids is 1. The van der Waals surface area contributed by atoms with Gasteiger partial charge < -0.3 is 34.4 Å². The summed E-state index contributed by atoms with van der Waals surface area (Å²) in [7, 11) is 0. The van der Waals surface area contributed by atoms with Crippen molar-refractivity contribution in [3.05, 3.63) is 52.5 Å². The van der Waals surface area contributed by atoms with Crippen LogP contribution < -0.4 is 45.3 Å². The van der Waals surface area contributed by atoms with Gasteiger partial charge in [-0.15, -0.1) is 0 Å². The third-order valence-electron chi connectivity index (χ3n) is 5.70. The zero-order valence-corrected chi connectivity index (χ0v) is 22.4. The monoisotopic (exact) mass is 563 g/mol. The third-order valence-corrected chi connectivity index (χ3v) is 7.82. The molecule has 168 valence electrons. The van der Waals surface area contributed by atoms with Gasteiger partial charge in [0.25, 0.3) is 5.91 Å². The average Bonchev–Trinajstić information content (AvgIpc) is 3.43. The van der Waals surface area contributed by atoms with Crippen molar-refractivity contribution < 1.29 is 58.1 Å². The molecule has 0 aliphatic carbocycles. The molecule has 4 aliphatic rings. The second-order valence-electron chi connectivity index (χ2n) is 7.62. The fraction of sp³-hybridized carbons (Fsp3) is 0.333. The fourth-order valence-electron chi connectivity index (χ4n) is 4.23. The van der Waals surface area contributed by atoms with E-state index in [4.69, 9.17) is 25.6 Å². The molecule has 0 bridgehead atoms. The van der Waals surface area contributed by atoms with Crippen molar-refractivity contribution in [3.8, 4) is 0 Å². The van der Waals surface area contributed by atoms with Crippen LogP contribution in [0.3, 0.4) is 0 Å². The van der Waals surface area contributed by atoms with E-state index in [1.807, 2.05) is 30.3 Å². The number of amides is 1. The van der Waals surface area contributed by atoms with Gasteiger partial charge in [-0.1, -0.05) is 30.3 Å². The Morgan fingerprint density at radius 3 is 2.82 bits per heavy atom. The van der Waals surface area contributed by atoms with Crippen LogP contribution in [0.15, 0.2) is 41.3 Å². The van der Waals surface area contributed by atoms with Crippen molar-refractivity contribution in [1.82, 2.24) is 19.8 Å². The quantitative estimate of drug-likeness (QED) is 0.270. The summed E-state index contributed by atoms with van der Waals surface area (Å²) in [6.45, 7) is -3.51. The molecule has 0 radical (unpaired) electrons. The molecule has 1 amide bonds. The minimum absolute atomic E-state index is 0. The summed E-state index contributed by atoms with van der Waals surface area (Å²) in [4.78, 5) is 29.0. The summed E-state index contributed by atoms with van der Waals surface area (Å²) >= 11 is 8.22. The Kier molecular flexibility index (Phi) is 6.28. The van der Waals surface area contributed by atoms with Crippen LogP contribution in [0.5, 0.6) is 0 Å². The van der Waals surface area contributed by atoms with Gasteiger partial charge >= 0.3 is 36.3 Å². The predicted molar refractivity (Wildman–Crippen MR) is 116 cm³/mol. The summed E-state index contributed by atoms with van der Waals surface area (Å²) in [5.74, 6) is 0.0112. The minimum Gasteiger partial charge on any atom is -0.847 e. The van der Waals surface area contributed by atoms with Crippen LogP contribution in [0.1, 0.15) is 22.3 Å². The molecule has 0 spiro atoms. The van der Waals surface area contributed by atoms with Gasteiger partial charge in [-0.05, 0) is 39.4 Å². The molecule has 1 aromatic carbocycles. The molecule has 2 aromatic rings. The Balaban J connectivity index is 0.00000228. The van der Waals surface area contributed by atoms with Crippen LogP contribution in [0.4, 0.5) is 5.82 Å². The first-order chi connectivity index (χ1) is 15.3. The predicted octanol–water partition coefficient (Wildman–Crippen LogP) is -2.34. The number of rotatable bonds is 2. The number of halogens is 1. The maximum absolute atomic E-state index is 13.2. The molecule has 6 atom stereocenters. The van der Waals surface area contributed by atoms with Gasteiger partial charge in [-0.25, -0.2) is 4.98 Å². The van der Waals surface area contributed by atoms with E-state index >= 15 is 0 Å². The molecular weight excluding hydrogens is 548 g/mol. The summed E-state index contributed by atoms with van der Waals surface area (Å²) < 4.78 is 18.1. The molecular formula is C18H16BrN5NaO6PS. The Bertz CT molecular complexity index is 1200. The number of imidazole rings is 1. The zero-order chi connectivity index (χ0) is 22.2. The molecule has 6 rings (SSSR count). The Morgan fingerprint density at radius 2 is 2.06 bits per heavy atom. The Labute approximate surface area is 223 Å². The maximum atomic E-state index is 13.2. The average molecular weight is 564 g/mol. The van der Waals surface area contributed by atoms with E-state index < -0.39 is 37.5 Å². The molecule has 0 saturated carbocycles. The number of anilines is 1. The van der Waals surface area contributed by atoms with Crippen molar-refractivity contribution in [2.75, 3.05) is 11.9 Å². The van der Waals surface area contributed by atoms with Gasteiger partial charge in [0.2, 0.25) is 0 Å².